The standard InChI is InChI=1S/Na.H4O7P2/c;1-8(2,3)7-9(4,5)6/h;(H2,1,2,3)(H2,4,5,6)/q+1;/p-3. The molecular weight excluding hydrogens is 197 g/mol. The fraction of sp³-hybridized carbons (Fsp3) is 0. The van der Waals surface area contributed by atoms with Gasteiger partial charge in [-0.3, -0.25) is 0 Å². The third kappa shape index (κ3) is 12.0. The summed E-state index contributed by atoms with van der Waals surface area (Å²) >= 11 is 0. The van der Waals surface area contributed by atoms with E-state index in [1.54, 1.807) is 0 Å². The predicted molar refractivity (Wildman–Crippen MR) is 17.4 cm³/mol. The smallest absolute Gasteiger partial charge is 0.790 e. The van der Waals surface area contributed by atoms with E-state index in [0.29, 0.717) is 0 Å². The number of rotatable bonds is 2. The van der Waals surface area contributed by atoms with Gasteiger partial charge in [-0.2, -0.15) is 0 Å². The van der Waals surface area contributed by atoms with Crippen LogP contribution in [-0.2, 0) is 13.4 Å². The summed E-state index contributed by atoms with van der Waals surface area (Å²) in [6, 6.07) is 0. The van der Waals surface area contributed by atoms with Crippen LogP contribution in [0.3, 0.4) is 0 Å². The molecule has 0 atom stereocenters. The van der Waals surface area contributed by atoms with Crippen LogP contribution in [0, 0.1) is 0 Å². The van der Waals surface area contributed by atoms with Crippen molar-refractivity contribution in [3.8, 4) is 0 Å². The van der Waals surface area contributed by atoms with Gasteiger partial charge in [0.1, 0.15) is 0 Å². The van der Waals surface area contributed by atoms with Gasteiger partial charge in [-0.15, -0.1) is 0 Å². The summed E-state index contributed by atoms with van der Waals surface area (Å²) in [5.41, 5.74) is 0. The molecule has 10 heteroatoms. The van der Waals surface area contributed by atoms with Gasteiger partial charge in [0.15, 0.2) is 0 Å². The molecule has 0 radical (unpaired) electrons. The first-order chi connectivity index (χ1) is 3.71. The first kappa shape index (κ1) is 13.8. The van der Waals surface area contributed by atoms with Crippen molar-refractivity contribution in [3.63, 3.8) is 0 Å². The van der Waals surface area contributed by atoms with Gasteiger partial charge in [0.25, 0.3) is 0 Å². The van der Waals surface area contributed by atoms with Gasteiger partial charge < -0.3 is 33.0 Å². The van der Waals surface area contributed by atoms with Crippen molar-refractivity contribution in [2.75, 3.05) is 0 Å². The molecule has 0 aliphatic rings. The average molecular weight is 198 g/mol. The molecule has 0 saturated carbocycles. The summed E-state index contributed by atoms with van der Waals surface area (Å²) < 4.78 is 21.2. The molecule has 0 saturated heterocycles. The minimum atomic E-state index is -5.68. The first-order valence-electron chi connectivity index (χ1n) is 1.46. The van der Waals surface area contributed by atoms with Crippen LogP contribution in [0.4, 0.5) is 0 Å². The normalized spacial score (nSPS) is 12.4. The van der Waals surface area contributed by atoms with E-state index in [0.717, 1.165) is 0 Å². The molecule has 7 nitrogen and oxygen atoms in total. The van der Waals surface area contributed by atoms with Crippen molar-refractivity contribution in [2.24, 2.45) is 0 Å². The largest absolute Gasteiger partial charge is 1.00 e. The van der Waals surface area contributed by atoms with Crippen LogP contribution in [0.2, 0.25) is 0 Å². The second-order valence-electron chi connectivity index (χ2n) is 0.976. The van der Waals surface area contributed by atoms with Gasteiger partial charge in [0.05, 0.1) is 15.6 Å². The van der Waals surface area contributed by atoms with E-state index < -0.39 is 15.6 Å². The maximum absolute atomic E-state index is 9.32. The summed E-state index contributed by atoms with van der Waals surface area (Å²) in [5, 5.41) is 0. The average Bonchev–Trinajstić information content (AvgIpc) is 1.14. The molecule has 0 aromatic carbocycles. The van der Waals surface area contributed by atoms with Crippen LogP contribution in [0.25, 0.3) is 0 Å². The predicted octanol–water partition coefficient (Wildman–Crippen LogP) is -6.22. The number of hydrogen-bond acceptors (Lipinski definition) is 7. The molecule has 56 valence electrons. The molecule has 0 aromatic heterocycles. The summed E-state index contributed by atoms with van der Waals surface area (Å²) in [7, 11) is -11.4. The van der Waals surface area contributed by atoms with Gasteiger partial charge in [-0.25, -0.2) is 0 Å². The Morgan fingerprint density at radius 1 is 1.00 bits per heavy atom. The molecule has 0 rings (SSSR count). The Balaban J connectivity index is -0.000000320. The third-order valence-corrected chi connectivity index (χ3v) is 1.80. The molecule has 0 aliphatic carbocycles. The monoisotopic (exact) mass is 198 g/mol. The molecule has 0 amide bonds. The summed E-state index contributed by atoms with van der Waals surface area (Å²) in [6.07, 6.45) is 0. The second kappa shape index (κ2) is 4.33. The van der Waals surface area contributed by atoms with E-state index in [1.165, 1.54) is 0 Å². The first-order valence-corrected chi connectivity index (χ1v) is 4.38. The Kier molecular flexibility index (Phi) is 5.98. The van der Waals surface area contributed by atoms with Crippen LogP contribution < -0.4 is 49.1 Å². The van der Waals surface area contributed by atoms with Crippen LogP contribution in [-0.4, -0.2) is 0 Å². The van der Waals surface area contributed by atoms with E-state index in [9.17, 15) is 28.7 Å². The molecule has 0 bridgehead atoms. The van der Waals surface area contributed by atoms with E-state index in [2.05, 4.69) is 4.31 Å². The van der Waals surface area contributed by atoms with Crippen molar-refractivity contribution < 1.29 is 64.0 Å². The van der Waals surface area contributed by atoms with Crippen molar-refractivity contribution in [2.45, 2.75) is 0 Å². The Bertz CT molecular complexity index is 157. The summed E-state index contributed by atoms with van der Waals surface area (Å²) in [4.78, 5) is 37.3. The Hall–Kier alpha value is 1.26. The number of phosphoric acid groups is 2. The minimum absolute atomic E-state index is 0. The fourth-order valence-electron chi connectivity index (χ4n) is 0.122. The van der Waals surface area contributed by atoms with E-state index in [1.807, 2.05) is 0 Å². The van der Waals surface area contributed by atoms with Gasteiger partial charge in [-0.1, -0.05) is 0 Å². The topological polar surface area (TPSA) is 136 Å². The summed E-state index contributed by atoms with van der Waals surface area (Å²) in [6.45, 7) is 0. The van der Waals surface area contributed by atoms with Gasteiger partial charge >= 0.3 is 31.0 Å². The third-order valence-electron chi connectivity index (χ3n) is 0.200. The van der Waals surface area contributed by atoms with Crippen molar-refractivity contribution >= 4 is 15.6 Å². The molecule has 0 aromatic rings. The molecular formula is HNaO7P2-2. The zero-order valence-corrected chi connectivity index (χ0v) is 8.54. The molecule has 0 N–H and O–H groups in total. The van der Waals surface area contributed by atoms with Crippen LogP contribution in [0.15, 0.2) is 0 Å². The fourth-order valence-corrected chi connectivity index (χ4v) is 1.10. The van der Waals surface area contributed by atoms with E-state index in [-0.39, 0.29) is 31.0 Å². The zero-order valence-electron chi connectivity index (χ0n) is 5.75. The molecule has 10 heavy (non-hydrogen) atoms. The van der Waals surface area contributed by atoms with Gasteiger partial charge in [-0.05, 0) is 0 Å². The molecule has 0 spiro atoms. The van der Waals surface area contributed by atoms with Crippen molar-refractivity contribution in [1.29, 1.82) is 0 Å². The van der Waals surface area contributed by atoms with Crippen LogP contribution in [0.5, 0.6) is 0 Å². The van der Waals surface area contributed by atoms with E-state index in [4.69, 9.17) is 0 Å². The van der Waals surface area contributed by atoms with Crippen molar-refractivity contribution in [3.05, 3.63) is 0 Å². The molecule has 0 unspecified atom stereocenters. The number of hydrogen-bond donors (Lipinski definition) is 0. The summed E-state index contributed by atoms with van der Waals surface area (Å²) in [5.74, 6) is 0. The molecule has 0 heterocycles. The zero-order chi connectivity index (χ0) is 7.71. The van der Waals surface area contributed by atoms with Crippen LogP contribution >= 0.6 is 15.6 Å². The van der Waals surface area contributed by atoms with Crippen molar-refractivity contribution in [1.82, 2.24) is 0 Å². The second-order valence-corrected chi connectivity index (χ2v) is 3.42. The van der Waals surface area contributed by atoms with E-state index >= 15 is 0 Å². The quantitative estimate of drug-likeness (QED) is 0.318. The Morgan fingerprint density at radius 3 is 1.20 bits per heavy atom. The minimum Gasteiger partial charge on any atom is -0.790 e. The SMILES string of the molecule is O=P([O-])([O-])OP(=O)([O-])[O-].[H+].[Na+]. The van der Waals surface area contributed by atoms with Gasteiger partial charge in [0, 0.05) is 0 Å². The van der Waals surface area contributed by atoms with Crippen LogP contribution in [0.1, 0.15) is 1.43 Å². The molecule has 0 fully saturated rings. The molecule has 0 aliphatic heterocycles. The van der Waals surface area contributed by atoms with Gasteiger partial charge in [0.2, 0.25) is 0 Å². The maximum atomic E-state index is 9.32. The maximum Gasteiger partial charge on any atom is 1.00 e. The Labute approximate surface area is 79.7 Å². The Morgan fingerprint density at radius 2 is 1.20 bits per heavy atom.